The predicted octanol–water partition coefficient (Wildman–Crippen LogP) is 4.75. The fourth-order valence-electron chi connectivity index (χ4n) is 6.21. The standard InChI is InChI=1S/C40H51NO14/c1-8-31(42)53-35-23(3)30(52-38(48-7)36(35)54-32(43)9-2)22-50-34(45)19-18-33(44)49-21-29(37(46)55-40(4,5)6)41-39(47)51-20-28-26-16-12-10-14-24(26)25-15-11-13-17-27(25)28/h10-17,23,28-30,35-36,38H,8-9,18-22H2,1-7H3,(H,41,47)/t23-,29+,30?,35+,36?,38+/m1/s1. The van der Waals surface area contributed by atoms with Crippen LogP contribution >= 0.6 is 0 Å². The number of amides is 1. The summed E-state index contributed by atoms with van der Waals surface area (Å²) in [5.74, 6) is -4.31. The average Bonchev–Trinajstić information content (AvgIpc) is 3.48. The maximum Gasteiger partial charge on any atom is 0.407 e. The second kappa shape index (κ2) is 19.5. The van der Waals surface area contributed by atoms with E-state index >= 15 is 0 Å². The Morgan fingerprint density at radius 2 is 1.29 bits per heavy atom. The fraction of sp³-hybridized carbons (Fsp3) is 0.550. The van der Waals surface area contributed by atoms with E-state index in [2.05, 4.69) is 5.32 Å². The Bertz CT molecular complexity index is 1640. The van der Waals surface area contributed by atoms with Gasteiger partial charge in [0.1, 0.15) is 37.6 Å². The lowest BCUT2D eigenvalue weighted by molar-refractivity contribution is -0.288. The lowest BCUT2D eigenvalue weighted by atomic mass is 9.90. The molecule has 1 amide bonds. The second-order valence-corrected chi connectivity index (χ2v) is 14.2. The number of carbonyl (C=O) groups excluding carboxylic acids is 6. The molecule has 1 saturated heterocycles. The molecule has 15 nitrogen and oxygen atoms in total. The molecule has 0 saturated carbocycles. The van der Waals surface area contributed by atoms with Crippen molar-refractivity contribution in [2.24, 2.45) is 5.92 Å². The molecule has 0 bridgehead atoms. The highest BCUT2D eigenvalue weighted by Crippen LogP contribution is 2.44. The number of esters is 5. The molecule has 0 radical (unpaired) electrons. The third kappa shape index (κ3) is 11.7. The minimum absolute atomic E-state index is 0.00294. The Balaban J connectivity index is 1.29. The lowest BCUT2D eigenvalue weighted by Crippen LogP contribution is -2.58. The first-order valence-electron chi connectivity index (χ1n) is 18.4. The SMILES string of the molecule is CCC(=O)OC1[C@@H](OC)OC(COC(=O)CCC(=O)OC[C@H](NC(=O)OCC2c3ccccc3-c3ccccc32)C(=O)OC(C)(C)C)[C@@H](C)[C@@H]1OC(=O)CC. The Morgan fingerprint density at radius 3 is 1.84 bits per heavy atom. The van der Waals surface area contributed by atoms with Crippen molar-refractivity contribution in [3.63, 3.8) is 0 Å². The summed E-state index contributed by atoms with van der Waals surface area (Å²) in [4.78, 5) is 75.7. The van der Waals surface area contributed by atoms with Crippen LogP contribution < -0.4 is 5.32 Å². The summed E-state index contributed by atoms with van der Waals surface area (Å²) < 4.78 is 44.0. The Morgan fingerprint density at radius 1 is 0.745 bits per heavy atom. The summed E-state index contributed by atoms with van der Waals surface area (Å²) in [5.41, 5.74) is 3.22. The molecule has 1 fully saturated rings. The highest BCUT2D eigenvalue weighted by Gasteiger charge is 2.49. The van der Waals surface area contributed by atoms with Crippen molar-refractivity contribution < 1.29 is 66.7 Å². The van der Waals surface area contributed by atoms with Crippen molar-refractivity contribution in [1.82, 2.24) is 5.32 Å². The van der Waals surface area contributed by atoms with Gasteiger partial charge in [0.2, 0.25) is 0 Å². The topological polar surface area (TPSA) is 188 Å². The van der Waals surface area contributed by atoms with E-state index in [1.165, 1.54) is 7.11 Å². The third-order valence-corrected chi connectivity index (χ3v) is 9.03. The number of rotatable bonds is 16. The highest BCUT2D eigenvalue weighted by molar-refractivity contribution is 5.83. The Kier molecular flexibility index (Phi) is 15.2. The Hall–Kier alpha value is -5.02. The number of hydrogen-bond donors (Lipinski definition) is 1. The number of hydrogen-bond acceptors (Lipinski definition) is 14. The van der Waals surface area contributed by atoms with Crippen molar-refractivity contribution in [2.45, 2.75) is 109 Å². The van der Waals surface area contributed by atoms with Crippen molar-refractivity contribution >= 4 is 35.9 Å². The summed E-state index contributed by atoms with van der Waals surface area (Å²) in [6, 6.07) is 14.3. The van der Waals surface area contributed by atoms with Gasteiger partial charge in [-0.15, -0.1) is 0 Å². The van der Waals surface area contributed by atoms with Crippen LogP contribution in [0.3, 0.4) is 0 Å². The molecule has 300 valence electrons. The molecule has 0 spiro atoms. The van der Waals surface area contributed by atoms with Crippen molar-refractivity contribution in [3.05, 3.63) is 59.7 Å². The maximum absolute atomic E-state index is 13.0. The summed E-state index contributed by atoms with van der Waals surface area (Å²) in [6.07, 6.45) is -5.45. The first kappa shape index (κ1) is 42.7. The van der Waals surface area contributed by atoms with Gasteiger partial charge in [-0.1, -0.05) is 69.3 Å². The van der Waals surface area contributed by atoms with E-state index in [0.29, 0.717) is 0 Å². The first-order chi connectivity index (χ1) is 26.1. The maximum atomic E-state index is 13.0. The van der Waals surface area contributed by atoms with Crippen LogP contribution in [0.2, 0.25) is 0 Å². The molecule has 0 aromatic heterocycles. The van der Waals surface area contributed by atoms with Gasteiger partial charge in [0.25, 0.3) is 0 Å². The van der Waals surface area contributed by atoms with Gasteiger partial charge in [-0.2, -0.15) is 0 Å². The molecule has 1 N–H and O–H groups in total. The van der Waals surface area contributed by atoms with Crippen LogP contribution in [0, 0.1) is 5.92 Å². The molecule has 2 aromatic carbocycles. The van der Waals surface area contributed by atoms with Gasteiger partial charge in [-0.3, -0.25) is 19.2 Å². The molecular formula is C40H51NO14. The van der Waals surface area contributed by atoms with Crippen molar-refractivity contribution in [2.75, 3.05) is 26.9 Å². The van der Waals surface area contributed by atoms with E-state index in [-0.39, 0.29) is 38.4 Å². The monoisotopic (exact) mass is 769 g/mol. The number of nitrogens with one attached hydrogen (secondary N) is 1. The minimum Gasteiger partial charge on any atom is -0.463 e. The average molecular weight is 770 g/mol. The molecule has 1 heterocycles. The van der Waals surface area contributed by atoms with Gasteiger partial charge < -0.3 is 43.2 Å². The van der Waals surface area contributed by atoms with Gasteiger partial charge >= 0.3 is 35.9 Å². The van der Waals surface area contributed by atoms with Crippen LogP contribution in [0.4, 0.5) is 4.79 Å². The van der Waals surface area contributed by atoms with Crippen LogP contribution in [0.1, 0.15) is 84.3 Å². The summed E-state index contributed by atoms with van der Waals surface area (Å²) in [5, 5.41) is 2.45. The smallest absolute Gasteiger partial charge is 0.407 e. The molecule has 6 atom stereocenters. The molecule has 2 aliphatic rings. The summed E-state index contributed by atoms with van der Waals surface area (Å²) in [6.45, 7) is 9.02. The molecule has 4 rings (SSSR count). The molecule has 2 aromatic rings. The minimum atomic E-state index is -1.40. The van der Waals surface area contributed by atoms with Gasteiger partial charge in [0, 0.05) is 31.8 Å². The predicted molar refractivity (Wildman–Crippen MR) is 194 cm³/mol. The van der Waals surface area contributed by atoms with E-state index in [4.69, 9.17) is 37.9 Å². The molecule has 1 aliphatic heterocycles. The first-order valence-corrected chi connectivity index (χ1v) is 18.4. The zero-order valence-corrected chi connectivity index (χ0v) is 32.3. The fourth-order valence-corrected chi connectivity index (χ4v) is 6.21. The van der Waals surface area contributed by atoms with Gasteiger partial charge in [0.05, 0.1) is 12.8 Å². The summed E-state index contributed by atoms with van der Waals surface area (Å²) in [7, 11) is 1.33. The van der Waals surface area contributed by atoms with Crippen LogP contribution in [0.5, 0.6) is 0 Å². The zero-order chi connectivity index (χ0) is 40.3. The molecule has 1 aliphatic carbocycles. The van der Waals surface area contributed by atoms with Gasteiger partial charge in [0.15, 0.2) is 18.4 Å². The van der Waals surface area contributed by atoms with Crippen LogP contribution in [0.15, 0.2) is 48.5 Å². The molecule has 55 heavy (non-hydrogen) atoms. The zero-order valence-electron chi connectivity index (χ0n) is 32.3. The van der Waals surface area contributed by atoms with Crippen LogP contribution in [0.25, 0.3) is 11.1 Å². The Labute approximate surface area is 320 Å². The number of fused-ring (bicyclic) bond motifs is 3. The number of carbonyl (C=O) groups is 6. The number of ether oxygens (including phenoxy) is 8. The van der Waals surface area contributed by atoms with E-state index in [9.17, 15) is 28.8 Å². The van der Waals surface area contributed by atoms with E-state index in [0.717, 1.165) is 22.3 Å². The second-order valence-electron chi connectivity index (χ2n) is 14.2. The quantitative estimate of drug-likeness (QED) is 0.182. The van der Waals surface area contributed by atoms with E-state index in [1.807, 2.05) is 48.5 Å². The third-order valence-electron chi connectivity index (χ3n) is 9.03. The van der Waals surface area contributed by atoms with Crippen LogP contribution in [-0.4, -0.2) is 99.1 Å². The number of alkyl carbamates (subject to hydrolysis) is 1. The highest BCUT2D eigenvalue weighted by atomic mass is 16.7. The number of methoxy groups -OCH3 is 1. The van der Waals surface area contributed by atoms with E-state index < -0.39 is 91.1 Å². The normalized spacial score (nSPS) is 20.9. The molecule has 15 heteroatoms. The van der Waals surface area contributed by atoms with Crippen molar-refractivity contribution in [3.8, 4) is 11.1 Å². The van der Waals surface area contributed by atoms with Crippen molar-refractivity contribution in [1.29, 1.82) is 0 Å². The van der Waals surface area contributed by atoms with E-state index in [1.54, 1.807) is 41.5 Å². The number of benzene rings is 2. The largest absolute Gasteiger partial charge is 0.463 e. The summed E-state index contributed by atoms with van der Waals surface area (Å²) >= 11 is 0. The lowest BCUT2D eigenvalue weighted by Gasteiger charge is -2.43. The van der Waals surface area contributed by atoms with Gasteiger partial charge in [-0.25, -0.2) is 9.59 Å². The van der Waals surface area contributed by atoms with Crippen LogP contribution in [-0.2, 0) is 61.9 Å². The van der Waals surface area contributed by atoms with Gasteiger partial charge in [-0.05, 0) is 43.0 Å². The molecule has 2 unspecified atom stereocenters. The molecular weight excluding hydrogens is 718 g/mol.